The number of nitrogens with one attached hydrogen (secondary N) is 1. The highest BCUT2D eigenvalue weighted by atomic mass is 16.1. The van der Waals surface area contributed by atoms with Gasteiger partial charge >= 0.3 is 0 Å². The third-order valence-electron chi connectivity index (χ3n) is 3.99. The molecule has 0 amide bonds. The lowest BCUT2D eigenvalue weighted by molar-refractivity contribution is 0.104. The fourth-order valence-corrected chi connectivity index (χ4v) is 2.66. The van der Waals surface area contributed by atoms with Crippen molar-refractivity contribution in [2.24, 2.45) is 0 Å². The molecular formula is C23H21NO. The molecule has 0 fully saturated rings. The Kier molecular flexibility index (Phi) is 5.78. The summed E-state index contributed by atoms with van der Waals surface area (Å²) in [4.78, 5) is 12.5. The van der Waals surface area contributed by atoms with Gasteiger partial charge in [-0.15, -0.1) is 0 Å². The van der Waals surface area contributed by atoms with E-state index < -0.39 is 0 Å². The van der Waals surface area contributed by atoms with E-state index in [1.807, 2.05) is 78.9 Å². The molecule has 0 bridgehead atoms. The monoisotopic (exact) mass is 327 g/mol. The molecule has 25 heavy (non-hydrogen) atoms. The van der Waals surface area contributed by atoms with Gasteiger partial charge in [0.05, 0.1) is 0 Å². The van der Waals surface area contributed by atoms with Crippen molar-refractivity contribution in [1.82, 2.24) is 5.32 Å². The van der Waals surface area contributed by atoms with Crippen LogP contribution in [-0.2, 0) is 6.42 Å². The molecule has 0 heterocycles. The number of carbonyl (C=O) groups is 1. The summed E-state index contributed by atoms with van der Waals surface area (Å²) < 4.78 is 0. The zero-order valence-electron chi connectivity index (χ0n) is 14.1. The van der Waals surface area contributed by atoms with Crippen molar-refractivity contribution in [3.63, 3.8) is 0 Å². The zero-order chi connectivity index (χ0) is 17.3. The van der Waals surface area contributed by atoms with Crippen molar-refractivity contribution < 1.29 is 4.79 Å². The predicted molar refractivity (Wildman–Crippen MR) is 103 cm³/mol. The zero-order valence-corrected chi connectivity index (χ0v) is 14.1. The predicted octanol–water partition coefficient (Wildman–Crippen LogP) is 4.74. The lowest BCUT2D eigenvalue weighted by Gasteiger charge is -2.12. The molecule has 0 aliphatic carbocycles. The van der Waals surface area contributed by atoms with Crippen LogP contribution in [0, 0.1) is 0 Å². The Hall–Kier alpha value is -3.13. The lowest BCUT2D eigenvalue weighted by Crippen LogP contribution is -2.17. The average molecular weight is 327 g/mol. The first-order valence-electron chi connectivity index (χ1n) is 8.47. The Bertz CT molecular complexity index is 824. The third-order valence-corrected chi connectivity index (χ3v) is 3.99. The number of hydrogen-bond acceptors (Lipinski definition) is 2. The summed E-state index contributed by atoms with van der Waals surface area (Å²) in [5.74, 6) is 0.00617. The van der Waals surface area contributed by atoms with Gasteiger partial charge < -0.3 is 5.32 Å². The Labute approximate surface area is 148 Å². The molecular weight excluding hydrogens is 306 g/mol. The normalized spacial score (nSPS) is 11.1. The van der Waals surface area contributed by atoms with Crippen LogP contribution in [0.1, 0.15) is 21.5 Å². The number of benzene rings is 3. The Morgan fingerprint density at radius 1 is 0.720 bits per heavy atom. The molecule has 0 aliphatic rings. The van der Waals surface area contributed by atoms with Gasteiger partial charge in [0.2, 0.25) is 0 Å². The molecule has 3 aromatic carbocycles. The summed E-state index contributed by atoms with van der Waals surface area (Å²) in [5, 5.41) is 3.43. The maximum absolute atomic E-state index is 12.5. The van der Waals surface area contributed by atoms with E-state index in [-0.39, 0.29) is 5.78 Å². The van der Waals surface area contributed by atoms with E-state index in [0.717, 1.165) is 24.2 Å². The highest BCUT2D eigenvalue weighted by molar-refractivity contribution is 6.08. The van der Waals surface area contributed by atoms with Gasteiger partial charge in [-0.25, -0.2) is 0 Å². The minimum Gasteiger partial charge on any atom is -0.384 e. The van der Waals surface area contributed by atoms with Gasteiger partial charge in [0.25, 0.3) is 0 Å². The van der Waals surface area contributed by atoms with Crippen LogP contribution in [0.2, 0.25) is 0 Å². The topological polar surface area (TPSA) is 29.1 Å². The molecule has 3 rings (SSSR count). The van der Waals surface area contributed by atoms with Crippen LogP contribution in [0.4, 0.5) is 0 Å². The maximum Gasteiger partial charge on any atom is 0.187 e. The Morgan fingerprint density at radius 2 is 1.24 bits per heavy atom. The standard InChI is InChI=1S/C23H21NO/c25-23(21-14-8-3-9-15-21)18-22(20-12-6-2-7-13-20)24-17-16-19-10-4-1-5-11-19/h1-15,18,24H,16-17H2/b22-18+. The maximum atomic E-state index is 12.5. The molecule has 0 aliphatic heterocycles. The van der Waals surface area contributed by atoms with E-state index in [9.17, 15) is 4.79 Å². The number of rotatable bonds is 7. The summed E-state index contributed by atoms with van der Waals surface area (Å²) in [6, 6.07) is 29.7. The van der Waals surface area contributed by atoms with Gasteiger partial charge in [0, 0.05) is 23.9 Å². The highest BCUT2D eigenvalue weighted by Gasteiger charge is 2.06. The van der Waals surface area contributed by atoms with Crippen LogP contribution in [0.25, 0.3) is 5.70 Å². The molecule has 3 aromatic rings. The van der Waals surface area contributed by atoms with Crippen molar-refractivity contribution in [3.05, 3.63) is 114 Å². The van der Waals surface area contributed by atoms with Crippen molar-refractivity contribution in [2.75, 3.05) is 6.54 Å². The first-order chi connectivity index (χ1) is 12.3. The van der Waals surface area contributed by atoms with Crippen molar-refractivity contribution in [2.45, 2.75) is 6.42 Å². The van der Waals surface area contributed by atoms with Gasteiger partial charge in [-0.2, -0.15) is 0 Å². The van der Waals surface area contributed by atoms with Gasteiger partial charge in [-0.1, -0.05) is 91.0 Å². The SMILES string of the molecule is O=C(/C=C(/NCCc1ccccc1)c1ccccc1)c1ccccc1. The molecule has 0 spiro atoms. The largest absolute Gasteiger partial charge is 0.384 e. The molecule has 0 saturated heterocycles. The van der Waals surface area contributed by atoms with Crippen molar-refractivity contribution >= 4 is 11.5 Å². The van der Waals surface area contributed by atoms with Gasteiger partial charge in [0.1, 0.15) is 0 Å². The molecule has 2 heteroatoms. The van der Waals surface area contributed by atoms with E-state index in [2.05, 4.69) is 17.4 Å². The fourth-order valence-electron chi connectivity index (χ4n) is 2.66. The summed E-state index contributed by atoms with van der Waals surface area (Å²) in [5.41, 5.74) is 3.84. The van der Waals surface area contributed by atoms with Crippen LogP contribution >= 0.6 is 0 Å². The number of allylic oxidation sites excluding steroid dienone is 1. The van der Waals surface area contributed by atoms with Gasteiger partial charge in [0.15, 0.2) is 5.78 Å². The number of carbonyl (C=O) groups excluding carboxylic acids is 1. The lowest BCUT2D eigenvalue weighted by atomic mass is 10.1. The van der Waals surface area contributed by atoms with Crippen LogP contribution < -0.4 is 5.32 Å². The smallest absolute Gasteiger partial charge is 0.187 e. The van der Waals surface area contributed by atoms with Crippen molar-refractivity contribution in [1.29, 1.82) is 0 Å². The van der Waals surface area contributed by atoms with E-state index in [4.69, 9.17) is 0 Å². The summed E-state index contributed by atoms with van der Waals surface area (Å²) in [6.07, 6.45) is 2.60. The molecule has 0 unspecified atom stereocenters. The van der Waals surface area contributed by atoms with E-state index >= 15 is 0 Å². The summed E-state index contributed by atoms with van der Waals surface area (Å²) in [7, 11) is 0. The van der Waals surface area contributed by atoms with Gasteiger partial charge in [-0.05, 0) is 17.5 Å². The second-order valence-corrected chi connectivity index (χ2v) is 5.82. The first-order valence-corrected chi connectivity index (χ1v) is 8.47. The molecule has 2 nitrogen and oxygen atoms in total. The van der Waals surface area contributed by atoms with Crippen molar-refractivity contribution in [3.8, 4) is 0 Å². The first kappa shape index (κ1) is 16.7. The Morgan fingerprint density at radius 3 is 1.84 bits per heavy atom. The third kappa shape index (κ3) is 4.92. The summed E-state index contributed by atoms with van der Waals surface area (Å²) >= 11 is 0. The van der Waals surface area contributed by atoms with Crippen LogP contribution in [0.5, 0.6) is 0 Å². The van der Waals surface area contributed by atoms with E-state index in [0.29, 0.717) is 5.56 Å². The van der Waals surface area contributed by atoms with Crippen LogP contribution in [0.15, 0.2) is 97.1 Å². The van der Waals surface area contributed by atoms with E-state index in [1.165, 1.54) is 5.56 Å². The van der Waals surface area contributed by atoms with Gasteiger partial charge in [-0.3, -0.25) is 4.79 Å². The fraction of sp³-hybridized carbons (Fsp3) is 0.0870. The quantitative estimate of drug-likeness (QED) is 0.501. The second-order valence-electron chi connectivity index (χ2n) is 5.82. The molecule has 0 aromatic heterocycles. The molecule has 0 atom stereocenters. The van der Waals surface area contributed by atoms with E-state index in [1.54, 1.807) is 6.08 Å². The second kappa shape index (κ2) is 8.65. The minimum absolute atomic E-state index is 0.00617. The van der Waals surface area contributed by atoms with Crippen LogP contribution in [-0.4, -0.2) is 12.3 Å². The molecule has 0 radical (unpaired) electrons. The highest BCUT2D eigenvalue weighted by Crippen LogP contribution is 2.13. The summed E-state index contributed by atoms with van der Waals surface area (Å²) in [6.45, 7) is 0.771. The molecule has 124 valence electrons. The average Bonchev–Trinajstić information content (AvgIpc) is 2.69. The molecule has 1 N–H and O–H groups in total. The minimum atomic E-state index is 0.00617. The number of hydrogen-bond donors (Lipinski definition) is 1. The number of ketones is 1. The van der Waals surface area contributed by atoms with Crippen LogP contribution in [0.3, 0.4) is 0 Å². The molecule has 0 saturated carbocycles. The Balaban J connectivity index is 1.76.